The molecule has 0 aromatic rings. The van der Waals surface area contributed by atoms with Gasteiger partial charge >= 0.3 is 6.09 Å². The van der Waals surface area contributed by atoms with Gasteiger partial charge < -0.3 is 15.6 Å². The molecule has 13 heavy (non-hydrogen) atoms. The van der Waals surface area contributed by atoms with E-state index in [9.17, 15) is 9.90 Å². The largest absolute Gasteiger partial charge is 0.447 e. The lowest BCUT2D eigenvalue weighted by Crippen LogP contribution is -2.29. The van der Waals surface area contributed by atoms with E-state index in [2.05, 4.69) is 4.74 Å². The van der Waals surface area contributed by atoms with E-state index < -0.39 is 12.2 Å². The van der Waals surface area contributed by atoms with Crippen molar-refractivity contribution in [2.24, 2.45) is 5.73 Å². The summed E-state index contributed by atoms with van der Waals surface area (Å²) in [5, 5.41) is 8.95. The minimum atomic E-state index is -0.890. The van der Waals surface area contributed by atoms with Gasteiger partial charge in [0, 0.05) is 0 Å². The maximum absolute atomic E-state index is 10.2. The molecule has 1 amide bonds. The third kappa shape index (κ3) is 6.66. The van der Waals surface area contributed by atoms with Crippen LogP contribution in [-0.2, 0) is 4.74 Å². The lowest BCUT2D eigenvalue weighted by atomic mass is 10.1. The molecule has 4 nitrogen and oxygen atoms in total. The number of nitrogens with two attached hydrogens (primary N) is 1. The molecule has 0 radical (unpaired) electrons. The molecule has 0 saturated heterocycles. The summed E-state index contributed by atoms with van der Waals surface area (Å²) in [5.74, 6) is 0. The molecule has 2 unspecified atom stereocenters. The fourth-order valence-corrected chi connectivity index (χ4v) is 1.09. The number of carbonyl (C=O) groups is 1. The highest BCUT2D eigenvalue weighted by molar-refractivity contribution is 6.21. The fourth-order valence-electron chi connectivity index (χ4n) is 0.863. The second-order valence-corrected chi connectivity index (χ2v) is 3.42. The molecule has 0 heterocycles. The highest BCUT2D eigenvalue weighted by atomic mass is 35.5. The number of primary amides is 1. The van der Waals surface area contributed by atoms with E-state index in [4.69, 9.17) is 17.3 Å². The van der Waals surface area contributed by atoms with E-state index in [0.717, 1.165) is 12.8 Å². The zero-order valence-corrected chi connectivity index (χ0v) is 8.46. The van der Waals surface area contributed by atoms with Crippen molar-refractivity contribution < 1.29 is 14.6 Å². The average molecular weight is 210 g/mol. The second kappa shape index (κ2) is 6.97. The van der Waals surface area contributed by atoms with Crippen molar-refractivity contribution >= 4 is 17.7 Å². The first-order chi connectivity index (χ1) is 6.07. The third-order valence-electron chi connectivity index (χ3n) is 1.65. The number of alkyl halides is 1. The third-order valence-corrected chi connectivity index (χ3v) is 2.16. The van der Waals surface area contributed by atoms with Crippen LogP contribution in [0, 0.1) is 0 Å². The first kappa shape index (κ1) is 12.5. The molecule has 0 saturated carbocycles. The van der Waals surface area contributed by atoms with Crippen LogP contribution in [0.2, 0.25) is 0 Å². The van der Waals surface area contributed by atoms with Crippen molar-refractivity contribution in [1.82, 2.24) is 0 Å². The summed E-state index contributed by atoms with van der Waals surface area (Å²) in [6.07, 6.45) is 0.953. The SMILES string of the molecule is CCCCC(Cl)C(O)COC(N)=O. The second-order valence-electron chi connectivity index (χ2n) is 2.86. The molecule has 0 aromatic carbocycles. The summed E-state index contributed by atoms with van der Waals surface area (Å²) >= 11 is 5.81. The molecule has 3 N–H and O–H groups in total. The summed E-state index contributed by atoms with van der Waals surface area (Å²) in [4.78, 5) is 10.2. The first-order valence-corrected chi connectivity index (χ1v) is 4.76. The van der Waals surface area contributed by atoms with Gasteiger partial charge in [-0.15, -0.1) is 11.6 Å². The van der Waals surface area contributed by atoms with Crippen LogP contribution < -0.4 is 5.73 Å². The molecular formula is C8H16ClNO3. The molecule has 0 aliphatic rings. The Labute approximate surface area is 83.0 Å². The molecular weight excluding hydrogens is 194 g/mol. The summed E-state index contributed by atoms with van der Waals surface area (Å²) in [6.45, 7) is 1.91. The Bertz CT molecular complexity index is 154. The molecule has 2 atom stereocenters. The van der Waals surface area contributed by atoms with Crippen molar-refractivity contribution in [1.29, 1.82) is 0 Å². The van der Waals surface area contributed by atoms with Gasteiger partial charge in [-0.3, -0.25) is 0 Å². The summed E-state index contributed by atoms with van der Waals surface area (Å²) in [7, 11) is 0. The van der Waals surface area contributed by atoms with Gasteiger partial charge in [-0.05, 0) is 6.42 Å². The van der Waals surface area contributed by atoms with Crippen molar-refractivity contribution in [2.75, 3.05) is 6.61 Å². The van der Waals surface area contributed by atoms with Gasteiger partial charge in [0.25, 0.3) is 0 Å². The van der Waals surface area contributed by atoms with Crippen LogP contribution in [0.5, 0.6) is 0 Å². The molecule has 78 valence electrons. The van der Waals surface area contributed by atoms with Crippen LogP contribution in [0.3, 0.4) is 0 Å². The zero-order chi connectivity index (χ0) is 10.3. The monoisotopic (exact) mass is 209 g/mol. The van der Waals surface area contributed by atoms with Gasteiger partial charge in [0.1, 0.15) is 12.7 Å². The predicted molar refractivity (Wildman–Crippen MR) is 50.7 cm³/mol. The highest BCUT2D eigenvalue weighted by Crippen LogP contribution is 2.12. The van der Waals surface area contributed by atoms with Crippen molar-refractivity contribution in [2.45, 2.75) is 37.7 Å². The Hall–Kier alpha value is -0.480. The van der Waals surface area contributed by atoms with Gasteiger partial charge in [0.2, 0.25) is 0 Å². The van der Waals surface area contributed by atoms with Gasteiger partial charge in [0.15, 0.2) is 0 Å². The molecule has 0 aliphatic heterocycles. The van der Waals surface area contributed by atoms with E-state index >= 15 is 0 Å². The summed E-state index contributed by atoms with van der Waals surface area (Å²) < 4.78 is 4.41. The summed E-state index contributed by atoms with van der Waals surface area (Å²) in [5.41, 5.74) is 4.73. The van der Waals surface area contributed by atoms with Gasteiger partial charge in [-0.2, -0.15) is 0 Å². The van der Waals surface area contributed by atoms with E-state index in [1.54, 1.807) is 0 Å². The van der Waals surface area contributed by atoms with Gasteiger partial charge in [-0.1, -0.05) is 19.8 Å². The molecule has 0 aromatic heterocycles. The number of aliphatic hydroxyl groups excluding tert-OH is 1. The number of carbonyl (C=O) groups excluding carboxylic acids is 1. The number of rotatable bonds is 6. The Morgan fingerprint density at radius 3 is 2.77 bits per heavy atom. The predicted octanol–water partition coefficient (Wildman–Crippen LogP) is 1.24. The highest BCUT2D eigenvalue weighted by Gasteiger charge is 2.16. The van der Waals surface area contributed by atoms with Crippen LogP contribution in [0.4, 0.5) is 4.79 Å². The Morgan fingerprint density at radius 2 is 2.31 bits per heavy atom. The molecule has 0 bridgehead atoms. The molecule has 0 spiro atoms. The van der Waals surface area contributed by atoms with E-state index in [0.29, 0.717) is 6.42 Å². The number of amides is 1. The topological polar surface area (TPSA) is 72.6 Å². The number of hydrogen-bond donors (Lipinski definition) is 2. The normalized spacial score (nSPS) is 15.0. The molecule has 0 aliphatic carbocycles. The minimum Gasteiger partial charge on any atom is -0.447 e. The number of ether oxygens (including phenoxy) is 1. The number of aliphatic hydroxyl groups is 1. The lowest BCUT2D eigenvalue weighted by molar-refractivity contribution is 0.0688. The number of hydrogen-bond acceptors (Lipinski definition) is 3. The number of halogens is 1. The summed E-state index contributed by atoms with van der Waals surface area (Å²) in [6, 6.07) is 0. The molecule has 5 heteroatoms. The number of unbranched alkanes of at least 4 members (excludes halogenated alkanes) is 1. The maximum atomic E-state index is 10.2. The van der Waals surface area contributed by atoms with Crippen LogP contribution >= 0.6 is 11.6 Å². The van der Waals surface area contributed by atoms with Gasteiger partial charge in [-0.25, -0.2) is 4.79 Å². The maximum Gasteiger partial charge on any atom is 0.404 e. The standard InChI is InChI=1S/C8H16ClNO3/c1-2-3-4-6(9)7(11)5-13-8(10)12/h6-7,11H,2-5H2,1H3,(H2,10,12). The molecule has 0 fully saturated rings. The fraction of sp³-hybridized carbons (Fsp3) is 0.875. The van der Waals surface area contributed by atoms with E-state index in [1.807, 2.05) is 6.92 Å². The van der Waals surface area contributed by atoms with Crippen LogP contribution in [0.25, 0.3) is 0 Å². The quantitative estimate of drug-likeness (QED) is 0.647. The van der Waals surface area contributed by atoms with Crippen LogP contribution in [0.15, 0.2) is 0 Å². The van der Waals surface area contributed by atoms with Crippen molar-refractivity contribution in [3.63, 3.8) is 0 Å². The van der Waals surface area contributed by atoms with Crippen molar-refractivity contribution in [3.8, 4) is 0 Å². The average Bonchev–Trinajstić information content (AvgIpc) is 2.10. The van der Waals surface area contributed by atoms with Crippen molar-refractivity contribution in [3.05, 3.63) is 0 Å². The Balaban J connectivity index is 3.56. The van der Waals surface area contributed by atoms with Crippen LogP contribution in [0.1, 0.15) is 26.2 Å². The lowest BCUT2D eigenvalue weighted by Gasteiger charge is -2.15. The molecule has 0 rings (SSSR count). The Morgan fingerprint density at radius 1 is 1.69 bits per heavy atom. The first-order valence-electron chi connectivity index (χ1n) is 4.32. The zero-order valence-electron chi connectivity index (χ0n) is 7.70. The van der Waals surface area contributed by atoms with Crippen LogP contribution in [-0.4, -0.2) is 29.3 Å². The van der Waals surface area contributed by atoms with E-state index in [1.165, 1.54) is 0 Å². The van der Waals surface area contributed by atoms with E-state index in [-0.39, 0.29) is 12.0 Å². The van der Waals surface area contributed by atoms with Gasteiger partial charge in [0.05, 0.1) is 5.38 Å². The Kier molecular flexibility index (Phi) is 6.72. The minimum absolute atomic E-state index is 0.132. The smallest absolute Gasteiger partial charge is 0.404 e.